The molecule has 2 saturated carbocycles. The Kier molecular flexibility index (Phi) is 5.61. The zero-order valence-electron chi connectivity index (χ0n) is 14.3. The van der Waals surface area contributed by atoms with Crippen LogP contribution in [0.15, 0.2) is 0 Å². The molecule has 1 heterocycles. The van der Waals surface area contributed by atoms with Gasteiger partial charge in [-0.15, -0.1) is 0 Å². The van der Waals surface area contributed by atoms with Crippen molar-refractivity contribution in [1.82, 2.24) is 10.2 Å². The molecule has 1 saturated heterocycles. The number of hydrogen-bond donors (Lipinski definition) is 1. The summed E-state index contributed by atoms with van der Waals surface area (Å²) < 4.78 is 0. The van der Waals surface area contributed by atoms with Crippen molar-refractivity contribution in [2.75, 3.05) is 26.2 Å². The fourth-order valence-electron chi connectivity index (χ4n) is 4.60. The highest BCUT2D eigenvalue weighted by Crippen LogP contribution is 2.30. The lowest BCUT2D eigenvalue weighted by Gasteiger charge is -2.41. The van der Waals surface area contributed by atoms with E-state index in [2.05, 4.69) is 24.1 Å². The zero-order valence-corrected chi connectivity index (χ0v) is 14.3. The first-order valence-corrected chi connectivity index (χ1v) is 9.66. The fourth-order valence-corrected chi connectivity index (χ4v) is 4.60. The van der Waals surface area contributed by atoms with Crippen LogP contribution in [0.4, 0.5) is 0 Å². The number of likely N-dealkylation sites (tertiary alicyclic amines) is 1. The smallest absolute Gasteiger partial charge is 0.0198 e. The molecule has 122 valence electrons. The van der Waals surface area contributed by atoms with E-state index < -0.39 is 0 Å². The maximum absolute atomic E-state index is 3.92. The van der Waals surface area contributed by atoms with Gasteiger partial charge in [0.2, 0.25) is 0 Å². The van der Waals surface area contributed by atoms with Gasteiger partial charge in [-0.3, -0.25) is 0 Å². The molecule has 2 heteroatoms. The summed E-state index contributed by atoms with van der Waals surface area (Å²) in [5, 5.41) is 3.92. The van der Waals surface area contributed by atoms with Gasteiger partial charge in [0.05, 0.1) is 0 Å². The van der Waals surface area contributed by atoms with E-state index in [1.807, 2.05) is 0 Å². The fraction of sp³-hybridized carbons (Fsp3) is 1.00. The van der Waals surface area contributed by atoms with Crippen LogP contribution in [-0.4, -0.2) is 37.1 Å². The quantitative estimate of drug-likeness (QED) is 0.798. The average molecular weight is 293 g/mol. The Morgan fingerprint density at radius 2 is 1.67 bits per heavy atom. The Morgan fingerprint density at radius 1 is 0.952 bits per heavy atom. The van der Waals surface area contributed by atoms with E-state index in [1.165, 1.54) is 77.5 Å². The molecule has 2 atom stereocenters. The van der Waals surface area contributed by atoms with Gasteiger partial charge in [0, 0.05) is 25.7 Å². The van der Waals surface area contributed by atoms with Crippen molar-refractivity contribution in [1.29, 1.82) is 0 Å². The Bertz CT molecular complexity index is 303. The molecule has 21 heavy (non-hydrogen) atoms. The predicted molar refractivity (Wildman–Crippen MR) is 90.5 cm³/mol. The van der Waals surface area contributed by atoms with Crippen LogP contribution in [0.5, 0.6) is 0 Å². The summed E-state index contributed by atoms with van der Waals surface area (Å²) in [7, 11) is 0. The van der Waals surface area contributed by atoms with E-state index in [0.29, 0.717) is 0 Å². The lowest BCUT2D eigenvalue weighted by Crippen LogP contribution is -2.52. The minimum atomic E-state index is 0.758. The highest BCUT2D eigenvalue weighted by atomic mass is 15.2. The SMILES string of the molecule is CC(C)C1CC(NCC2CCC2)CN(CC2CCCC2)C1. The molecule has 0 aromatic rings. The first kappa shape index (κ1) is 15.8. The van der Waals surface area contributed by atoms with Crippen LogP contribution in [0.1, 0.15) is 65.2 Å². The van der Waals surface area contributed by atoms with Crippen molar-refractivity contribution >= 4 is 0 Å². The van der Waals surface area contributed by atoms with E-state index in [9.17, 15) is 0 Å². The minimum absolute atomic E-state index is 0.758. The van der Waals surface area contributed by atoms with E-state index in [1.54, 1.807) is 0 Å². The van der Waals surface area contributed by atoms with Gasteiger partial charge in [0.1, 0.15) is 0 Å². The van der Waals surface area contributed by atoms with Gasteiger partial charge in [-0.05, 0) is 62.3 Å². The van der Waals surface area contributed by atoms with Crippen molar-refractivity contribution in [3.8, 4) is 0 Å². The highest BCUT2D eigenvalue weighted by Gasteiger charge is 2.31. The van der Waals surface area contributed by atoms with Gasteiger partial charge in [-0.1, -0.05) is 33.1 Å². The second-order valence-corrected chi connectivity index (χ2v) is 8.51. The Balaban J connectivity index is 1.49. The van der Waals surface area contributed by atoms with Crippen LogP contribution in [0, 0.1) is 23.7 Å². The number of hydrogen-bond acceptors (Lipinski definition) is 2. The maximum atomic E-state index is 3.92. The van der Waals surface area contributed by atoms with Gasteiger partial charge in [0.25, 0.3) is 0 Å². The van der Waals surface area contributed by atoms with Crippen LogP contribution in [-0.2, 0) is 0 Å². The standard InChI is InChI=1S/C19H36N2/c1-15(2)18-10-19(20-11-16-8-5-9-16)14-21(13-18)12-17-6-3-4-7-17/h15-20H,3-14H2,1-2H3. The molecule has 1 N–H and O–H groups in total. The maximum Gasteiger partial charge on any atom is 0.0198 e. The van der Waals surface area contributed by atoms with Gasteiger partial charge in [-0.25, -0.2) is 0 Å². The summed E-state index contributed by atoms with van der Waals surface area (Å²) in [6.07, 6.45) is 11.8. The summed E-state index contributed by atoms with van der Waals surface area (Å²) in [4.78, 5) is 2.81. The second kappa shape index (κ2) is 7.46. The number of nitrogens with zero attached hydrogens (tertiary/aromatic N) is 1. The van der Waals surface area contributed by atoms with Gasteiger partial charge in [-0.2, -0.15) is 0 Å². The molecule has 0 amide bonds. The average Bonchev–Trinajstić information content (AvgIpc) is 2.89. The number of piperidine rings is 1. The molecule has 0 radical (unpaired) electrons. The third-order valence-electron chi connectivity index (χ3n) is 6.41. The molecule has 1 aliphatic heterocycles. The lowest BCUT2D eigenvalue weighted by atomic mass is 9.83. The summed E-state index contributed by atoms with van der Waals surface area (Å²) >= 11 is 0. The van der Waals surface area contributed by atoms with Crippen LogP contribution >= 0.6 is 0 Å². The van der Waals surface area contributed by atoms with Crippen molar-refractivity contribution in [2.24, 2.45) is 23.7 Å². The van der Waals surface area contributed by atoms with Crippen LogP contribution in [0.2, 0.25) is 0 Å². The third-order valence-corrected chi connectivity index (χ3v) is 6.41. The summed E-state index contributed by atoms with van der Waals surface area (Å²) in [5.41, 5.74) is 0. The molecule has 3 fully saturated rings. The molecule has 0 bridgehead atoms. The van der Waals surface area contributed by atoms with Crippen molar-refractivity contribution < 1.29 is 0 Å². The molecular weight excluding hydrogens is 256 g/mol. The van der Waals surface area contributed by atoms with Gasteiger partial charge < -0.3 is 10.2 Å². The van der Waals surface area contributed by atoms with Crippen LogP contribution < -0.4 is 5.32 Å². The molecule has 2 nitrogen and oxygen atoms in total. The van der Waals surface area contributed by atoms with Gasteiger partial charge in [0.15, 0.2) is 0 Å². The summed E-state index contributed by atoms with van der Waals surface area (Å²) in [6.45, 7) is 10.2. The third kappa shape index (κ3) is 4.45. The predicted octanol–water partition coefficient (Wildman–Crippen LogP) is 3.91. The molecule has 3 rings (SSSR count). The Labute approximate surface area is 132 Å². The number of nitrogens with one attached hydrogen (secondary N) is 1. The molecule has 0 spiro atoms. The van der Waals surface area contributed by atoms with Crippen LogP contribution in [0.25, 0.3) is 0 Å². The Hall–Kier alpha value is -0.0800. The zero-order chi connectivity index (χ0) is 14.7. The number of rotatable bonds is 6. The topological polar surface area (TPSA) is 15.3 Å². The lowest BCUT2D eigenvalue weighted by molar-refractivity contribution is 0.0973. The van der Waals surface area contributed by atoms with Gasteiger partial charge >= 0.3 is 0 Å². The molecule has 2 unspecified atom stereocenters. The first-order valence-electron chi connectivity index (χ1n) is 9.66. The van der Waals surface area contributed by atoms with Crippen molar-refractivity contribution in [3.05, 3.63) is 0 Å². The van der Waals surface area contributed by atoms with E-state index in [0.717, 1.165) is 29.7 Å². The van der Waals surface area contributed by atoms with Crippen molar-refractivity contribution in [3.63, 3.8) is 0 Å². The molecule has 0 aromatic heterocycles. The molecule has 2 aliphatic carbocycles. The van der Waals surface area contributed by atoms with Crippen molar-refractivity contribution in [2.45, 2.75) is 71.3 Å². The summed E-state index contributed by atoms with van der Waals surface area (Å²) in [5.74, 6) is 3.74. The van der Waals surface area contributed by atoms with Crippen LogP contribution in [0.3, 0.4) is 0 Å². The van der Waals surface area contributed by atoms with E-state index in [4.69, 9.17) is 0 Å². The van der Waals surface area contributed by atoms with E-state index in [-0.39, 0.29) is 0 Å². The molecule has 0 aromatic carbocycles. The largest absolute Gasteiger partial charge is 0.312 e. The Morgan fingerprint density at radius 3 is 2.29 bits per heavy atom. The monoisotopic (exact) mass is 292 g/mol. The normalized spacial score (nSPS) is 32.7. The first-order chi connectivity index (χ1) is 10.2. The second-order valence-electron chi connectivity index (χ2n) is 8.51. The minimum Gasteiger partial charge on any atom is -0.312 e. The van der Waals surface area contributed by atoms with E-state index >= 15 is 0 Å². The summed E-state index contributed by atoms with van der Waals surface area (Å²) in [6, 6.07) is 0.758. The molecule has 3 aliphatic rings. The highest BCUT2D eigenvalue weighted by molar-refractivity contribution is 4.87. The molecular formula is C19H36N2.